The molecule has 4 rings (SSSR count). The van der Waals surface area contributed by atoms with Crippen LogP contribution in [0.4, 0.5) is 4.79 Å². The van der Waals surface area contributed by atoms with E-state index in [1.807, 2.05) is 79.6 Å². The maximum Gasteiger partial charge on any atom is 0.412 e. The molecule has 1 atom stereocenters. The normalized spacial score (nSPS) is 14.8. The van der Waals surface area contributed by atoms with Gasteiger partial charge in [-0.1, -0.05) is 42.5 Å². The molecule has 0 bridgehead atoms. The van der Waals surface area contributed by atoms with Gasteiger partial charge >= 0.3 is 12.1 Å². The Morgan fingerprint density at radius 1 is 1.06 bits per heavy atom. The Labute approximate surface area is 205 Å². The van der Waals surface area contributed by atoms with Crippen molar-refractivity contribution in [1.82, 2.24) is 9.80 Å². The summed E-state index contributed by atoms with van der Waals surface area (Å²) in [5.41, 5.74) is 2.66. The van der Waals surface area contributed by atoms with Gasteiger partial charge in [0.1, 0.15) is 0 Å². The number of hydrogen-bond donors (Lipinski definition) is 0. The highest BCUT2D eigenvalue weighted by molar-refractivity contribution is 5.88. The minimum atomic E-state index is -0.531. The highest BCUT2D eigenvalue weighted by Gasteiger charge is 2.22. The van der Waals surface area contributed by atoms with E-state index in [9.17, 15) is 9.59 Å². The van der Waals surface area contributed by atoms with E-state index in [2.05, 4.69) is 0 Å². The molecule has 1 unspecified atom stereocenters. The molecule has 1 amide bonds. The predicted octanol–water partition coefficient (Wildman–Crippen LogP) is 4.61. The second kappa shape index (κ2) is 11.5. The Morgan fingerprint density at radius 3 is 2.66 bits per heavy atom. The lowest BCUT2D eigenvalue weighted by Gasteiger charge is -2.27. The number of benzene rings is 2. The summed E-state index contributed by atoms with van der Waals surface area (Å²) < 4.78 is 21.3. The fourth-order valence-corrected chi connectivity index (χ4v) is 4.09. The van der Waals surface area contributed by atoms with Crippen molar-refractivity contribution in [2.24, 2.45) is 0 Å². The first-order valence-electron chi connectivity index (χ1n) is 11.7. The summed E-state index contributed by atoms with van der Waals surface area (Å²) in [6.45, 7) is 4.72. The van der Waals surface area contributed by atoms with Crippen molar-refractivity contribution >= 4 is 12.1 Å². The fourth-order valence-electron chi connectivity index (χ4n) is 4.09. The average Bonchev–Trinajstić information content (AvgIpc) is 3.33. The smallest absolute Gasteiger partial charge is 0.412 e. The Balaban J connectivity index is 1.25. The number of allylic oxidation sites excluding steroid dienone is 1. The lowest BCUT2D eigenvalue weighted by Crippen LogP contribution is -2.40. The summed E-state index contributed by atoms with van der Waals surface area (Å²) in [5, 5.41) is 0. The summed E-state index contributed by atoms with van der Waals surface area (Å²) >= 11 is 0. The molecule has 8 heteroatoms. The van der Waals surface area contributed by atoms with Crippen molar-refractivity contribution in [2.75, 3.05) is 20.1 Å². The van der Waals surface area contributed by atoms with E-state index >= 15 is 0 Å². The molecule has 35 heavy (non-hydrogen) atoms. The van der Waals surface area contributed by atoms with Gasteiger partial charge in [-0.3, -0.25) is 0 Å². The largest absolute Gasteiger partial charge is 0.454 e. The van der Waals surface area contributed by atoms with Crippen LogP contribution in [-0.4, -0.2) is 48.0 Å². The first-order valence-corrected chi connectivity index (χ1v) is 11.7. The van der Waals surface area contributed by atoms with Crippen molar-refractivity contribution in [3.05, 3.63) is 83.7 Å². The topological polar surface area (TPSA) is 77.5 Å². The molecule has 184 valence electrons. The van der Waals surface area contributed by atoms with Gasteiger partial charge in [-0.05, 0) is 43.5 Å². The van der Waals surface area contributed by atoms with Crippen LogP contribution in [0, 0.1) is 0 Å². The molecule has 2 aliphatic rings. The van der Waals surface area contributed by atoms with E-state index in [0.29, 0.717) is 37.3 Å². The second-order valence-electron chi connectivity index (χ2n) is 8.39. The average molecular weight is 479 g/mol. The van der Waals surface area contributed by atoms with Crippen LogP contribution in [0.25, 0.3) is 0 Å². The van der Waals surface area contributed by atoms with Crippen LogP contribution in [0.2, 0.25) is 0 Å². The highest BCUT2D eigenvalue weighted by Crippen LogP contribution is 2.33. The first-order chi connectivity index (χ1) is 17.0. The van der Waals surface area contributed by atoms with Crippen LogP contribution in [0.15, 0.2) is 72.6 Å². The fraction of sp³-hybridized carbons (Fsp3) is 0.333. The van der Waals surface area contributed by atoms with Crippen molar-refractivity contribution in [2.45, 2.75) is 39.3 Å². The third-order valence-electron chi connectivity index (χ3n) is 5.87. The zero-order valence-corrected chi connectivity index (χ0v) is 20.0. The van der Waals surface area contributed by atoms with E-state index in [1.165, 1.54) is 0 Å². The second-order valence-corrected chi connectivity index (χ2v) is 8.39. The zero-order valence-electron chi connectivity index (χ0n) is 20.0. The number of ether oxygens (including phenoxy) is 4. The molecular formula is C27H30N2O6. The highest BCUT2D eigenvalue weighted by atomic mass is 16.7. The lowest BCUT2D eigenvalue weighted by molar-refractivity contribution is -0.148. The summed E-state index contributed by atoms with van der Waals surface area (Å²) in [7, 11) is 0. The van der Waals surface area contributed by atoms with E-state index in [-0.39, 0.29) is 12.8 Å². The molecule has 0 fully saturated rings. The lowest BCUT2D eigenvalue weighted by atomic mass is 10.1. The minimum absolute atomic E-state index is 0.124. The van der Waals surface area contributed by atoms with Gasteiger partial charge in [0.15, 0.2) is 11.5 Å². The van der Waals surface area contributed by atoms with Crippen molar-refractivity contribution in [3.8, 4) is 11.5 Å². The molecule has 2 aromatic rings. The molecular weight excluding hydrogens is 448 g/mol. The summed E-state index contributed by atoms with van der Waals surface area (Å²) in [5.74, 6) is 0.930. The van der Waals surface area contributed by atoms with Crippen LogP contribution in [0.3, 0.4) is 0 Å². The molecule has 2 heterocycles. The zero-order chi connectivity index (χ0) is 24.6. The monoisotopic (exact) mass is 478 g/mol. The van der Waals surface area contributed by atoms with Crippen molar-refractivity contribution < 1.29 is 28.5 Å². The van der Waals surface area contributed by atoms with Gasteiger partial charge in [0.2, 0.25) is 13.6 Å². The first kappa shape index (κ1) is 24.2. The molecule has 0 aromatic heterocycles. The van der Waals surface area contributed by atoms with Crippen LogP contribution in [0.1, 0.15) is 31.4 Å². The van der Waals surface area contributed by atoms with Gasteiger partial charge in [0.25, 0.3) is 0 Å². The van der Waals surface area contributed by atoms with Crippen LogP contribution in [-0.2, 0) is 27.2 Å². The van der Waals surface area contributed by atoms with E-state index < -0.39 is 18.9 Å². The summed E-state index contributed by atoms with van der Waals surface area (Å²) in [6, 6.07) is 15.6. The van der Waals surface area contributed by atoms with E-state index in [4.69, 9.17) is 18.9 Å². The minimum Gasteiger partial charge on any atom is -0.454 e. The van der Waals surface area contributed by atoms with Gasteiger partial charge in [0.05, 0.1) is 5.57 Å². The number of hydrogen-bond acceptors (Lipinski definition) is 7. The Hall–Kier alpha value is -3.94. The molecule has 8 nitrogen and oxygen atoms in total. The molecule has 2 aliphatic heterocycles. The molecule has 0 N–H and O–H groups in total. The van der Waals surface area contributed by atoms with Gasteiger partial charge in [-0.25, -0.2) is 9.59 Å². The Bertz CT molecular complexity index is 1100. The third-order valence-corrected chi connectivity index (χ3v) is 5.87. The van der Waals surface area contributed by atoms with Gasteiger partial charge < -0.3 is 28.7 Å². The number of likely N-dealkylation sites (N-methyl/N-ethyl adjacent to an activating group) is 1. The number of fused-ring (bicyclic) bond motifs is 1. The van der Waals surface area contributed by atoms with Crippen molar-refractivity contribution in [1.29, 1.82) is 0 Å². The van der Waals surface area contributed by atoms with E-state index in [0.717, 1.165) is 16.9 Å². The number of nitrogens with zero attached hydrogens (tertiary/aromatic N) is 2. The molecule has 0 saturated heterocycles. The number of rotatable bonds is 9. The SMILES string of the molecule is CCN(C(=O)OCOC(=O)C1=CN(Cc2ccccc2)C=CC1)C(C)Cc1ccc2c(c1)OCO2. The summed E-state index contributed by atoms with van der Waals surface area (Å²) in [4.78, 5) is 28.7. The Morgan fingerprint density at radius 2 is 1.86 bits per heavy atom. The Kier molecular flexibility index (Phi) is 7.92. The molecule has 0 saturated carbocycles. The number of carbonyl (C=O) groups is 2. The molecule has 0 spiro atoms. The third kappa shape index (κ3) is 6.35. The van der Waals surface area contributed by atoms with E-state index in [1.54, 1.807) is 11.1 Å². The number of esters is 1. The summed E-state index contributed by atoms with van der Waals surface area (Å²) in [6.07, 6.45) is 6.16. The number of carbonyl (C=O) groups excluding carboxylic acids is 2. The molecule has 0 aliphatic carbocycles. The van der Waals surface area contributed by atoms with Gasteiger partial charge in [-0.15, -0.1) is 0 Å². The maximum atomic E-state index is 12.6. The van der Waals surface area contributed by atoms with Gasteiger partial charge in [0, 0.05) is 38.0 Å². The molecule has 2 aromatic carbocycles. The quantitative estimate of drug-likeness (QED) is 0.385. The standard InChI is InChI=1S/C27H30N2O6/c1-3-29(20(2)14-22-11-12-24-25(15-22)33-18-32-24)27(31)35-19-34-26(30)23-10-7-13-28(17-23)16-21-8-5-4-6-9-21/h4-9,11-13,15,17,20H,3,10,14,16,18-19H2,1-2H3. The molecule has 0 radical (unpaired) electrons. The predicted molar refractivity (Wildman–Crippen MR) is 129 cm³/mol. The van der Waals surface area contributed by atoms with Crippen molar-refractivity contribution in [3.63, 3.8) is 0 Å². The number of amides is 1. The van der Waals surface area contributed by atoms with Crippen LogP contribution < -0.4 is 9.47 Å². The van der Waals surface area contributed by atoms with Crippen LogP contribution >= 0.6 is 0 Å². The maximum absolute atomic E-state index is 12.6. The van der Waals surface area contributed by atoms with Gasteiger partial charge in [-0.2, -0.15) is 0 Å². The van der Waals surface area contributed by atoms with Crippen LogP contribution in [0.5, 0.6) is 11.5 Å².